The van der Waals surface area contributed by atoms with E-state index >= 15 is 0 Å². The Hall–Kier alpha value is -3.90. The van der Waals surface area contributed by atoms with Gasteiger partial charge in [0, 0.05) is 0 Å². The Balaban J connectivity index is 1.61. The summed E-state index contributed by atoms with van der Waals surface area (Å²) < 4.78 is 0. The fraction of sp³-hybridized carbons (Fsp3) is 0.0625. The van der Waals surface area contributed by atoms with Gasteiger partial charge in [-0.25, -0.2) is 0 Å². The molecular formula is C32H20. The van der Waals surface area contributed by atoms with Gasteiger partial charge < -0.3 is 0 Å². The average Bonchev–Trinajstić information content (AvgIpc) is 3.42. The molecule has 0 spiro atoms. The van der Waals surface area contributed by atoms with Crippen LogP contribution in [0.25, 0.3) is 54.6 Å². The molecule has 0 amide bonds. The van der Waals surface area contributed by atoms with Gasteiger partial charge in [0.15, 0.2) is 0 Å². The van der Waals surface area contributed by atoms with Gasteiger partial charge in [0.2, 0.25) is 0 Å². The zero-order valence-electron chi connectivity index (χ0n) is 17.7. The molecule has 6 aromatic rings. The lowest BCUT2D eigenvalue weighted by atomic mass is 9.86. The van der Waals surface area contributed by atoms with E-state index in [1.165, 1.54) is 76.8 Å². The van der Waals surface area contributed by atoms with Crippen LogP contribution in [0.5, 0.6) is 0 Å². The van der Waals surface area contributed by atoms with Crippen molar-refractivity contribution < 1.29 is 0 Å². The summed E-state index contributed by atoms with van der Waals surface area (Å²) >= 11 is 0. The molecule has 2 aliphatic rings. The number of benzene rings is 6. The first-order chi connectivity index (χ1) is 15.9. The summed E-state index contributed by atoms with van der Waals surface area (Å²) in [6, 6.07) is 36.3. The van der Waals surface area contributed by atoms with Gasteiger partial charge in [-0.3, -0.25) is 0 Å². The van der Waals surface area contributed by atoms with Gasteiger partial charge in [0.1, 0.15) is 0 Å². The SMILES string of the molecule is c1ccc2c(c1)Cc1c-2ccc2c3ccccc3c3ccc4c(c3c12)Cc1ccccc1-4. The maximum atomic E-state index is 2.37. The summed E-state index contributed by atoms with van der Waals surface area (Å²) in [7, 11) is 0. The minimum Gasteiger partial charge on any atom is -0.0619 e. The Morgan fingerprint density at radius 3 is 1.28 bits per heavy atom. The van der Waals surface area contributed by atoms with Gasteiger partial charge in [-0.05, 0) is 89.7 Å². The van der Waals surface area contributed by atoms with Crippen molar-refractivity contribution in [2.24, 2.45) is 0 Å². The van der Waals surface area contributed by atoms with E-state index in [2.05, 4.69) is 97.1 Å². The predicted octanol–water partition coefficient (Wildman–Crippen LogP) is 8.29. The third-order valence-electron chi connectivity index (χ3n) is 7.73. The number of hydrogen-bond donors (Lipinski definition) is 0. The van der Waals surface area contributed by atoms with Crippen LogP contribution in [-0.2, 0) is 12.8 Å². The van der Waals surface area contributed by atoms with Crippen molar-refractivity contribution in [2.45, 2.75) is 12.8 Å². The molecule has 0 saturated carbocycles. The van der Waals surface area contributed by atoms with Gasteiger partial charge in [0.25, 0.3) is 0 Å². The van der Waals surface area contributed by atoms with E-state index in [1.807, 2.05) is 0 Å². The Bertz CT molecular complexity index is 1640. The average molecular weight is 405 g/mol. The van der Waals surface area contributed by atoms with Gasteiger partial charge in [-0.2, -0.15) is 0 Å². The second-order valence-corrected chi connectivity index (χ2v) is 9.24. The van der Waals surface area contributed by atoms with Gasteiger partial charge >= 0.3 is 0 Å². The van der Waals surface area contributed by atoms with Crippen LogP contribution in [0.1, 0.15) is 22.3 Å². The summed E-state index contributed by atoms with van der Waals surface area (Å²) in [5, 5.41) is 8.45. The fourth-order valence-electron chi connectivity index (χ4n) is 6.40. The van der Waals surface area contributed by atoms with E-state index in [0.717, 1.165) is 12.8 Å². The van der Waals surface area contributed by atoms with E-state index in [9.17, 15) is 0 Å². The lowest BCUT2D eigenvalue weighted by Crippen LogP contribution is -1.93. The summed E-state index contributed by atoms with van der Waals surface area (Å²) in [6.45, 7) is 0. The van der Waals surface area contributed by atoms with Crippen molar-refractivity contribution in [3.8, 4) is 22.3 Å². The van der Waals surface area contributed by atoms with Crippen LogP contribution in [-0.4, -0.2) is 0 Å². The summed E-state index contributed by atoms with van der Waals surface area (Å²) in [4.78, 5) is 0. The Labute approximate surface area is 186 Å². The second kappa shape index (κ2) is 5.87. The summed E-state index contributed by atoms with van der Waals surface area (Å²) in [6.07, 6.45) is 2.04. The summed E-state index contributed by atoms with van der Waals surface area (Å²) in [5.41, 5.74) is 11.5. The molecular weight excluding hydrogens is 384 g/mol. The van der Waals surface area contributed by atoms with Crippen LogP contribution in [0.3, 0.4) is 0 Å². The van der Waals surface area contributed by atoms with Gasteiger partial charge in [-0.1, -0.05) is 97.1 Å². The monoisotopic (exact) mass is 404 g/mol. The van der Waals surface area contributed by atoms with Crippen LogP contribution in [0.15, 0.2) is 97.1 Å². The molecule has 32 heavy (non-hydrogen) atoms. The minimum atomic E-state index is 1.02. The standard InChI is InChI=1S/C32H20/c1-3-9-21-19(7-1)17-29-25(21)13-15-27-23-11-5-6-12-24(23)28-16-14-26-22-10-4-2-8-20(22)18-30(26)32(28)31(27)29/h1-16H,17-18H2. The van der Waals surface area contributed by atoms with Crippen molar-refractivity contribution in [3.05, 3.63) is 119 Å². The fourth-order valence-corrected chi connectivity index (χ4v) is 6.40. The Morgan fingerprint density at radius 2 is 0.781 bits per heavy atom. The molecule has 0 bridgehead atoms. The smallest absolute Gasteiger partial charge is 0.000706 e. The van der Waals surface area contributed by atoms with Crippen LogP contribution in [0.2, 0.25) is 0 Å². The topological polar surface area (TPSA) is 0 Å². The van der Waals surface area contributed by atoms with Crippen molar-refractivity contribution in [1.29, 1.82) is 0 Å². The van der Waals surface area contributed by atoms with Crippen LogP contribution < -0.4 is 0 Å². The van der Waals surface area contributed by atoms with E-state index in [-0.39, 0.29) is 0 Å². The highest BCUT2D eigenvalue weighted by atomic mass is 14.3. The molecule has 0 N–H and O–H groups in total. The molecule has 0 nitrogen and oxygen atoms in total. The molecule has 0 unspecified atom stereocenters. The van der Waals surface area contributed by atoms with Crippen molar-refractivity contribution in [3.63, 3.8) is 0 Å². The molecule has 0 fully saturated rings. The van der Waals surface area contributed by atoms with Gasteiger partial charge in [0.05, 0.1) is 0 Å². The minimum absolute atomic E-state index is 1.02. The highest BCUT2D eigenvalue weighted by molar-refractivity contribution is 6.28. The maximum Gasteiger partial charge on any atom is -0.000706 e. The third-order valence-corrected chi connectivity index (χ3v) is 7.73. The Morgan fingerprint density at radius 1 is 0.344 bits per heavy atom. The van der Waals surface area contributed by atoms with E-state index in [1.54, 1.807) is 0 Å². The number of fused-ring (bicyclic) bond motifs is 14. The second-order valence-electron chi connectivity index (χ2n) is 9.24. The maximum absolute atomic E-state index is 2.37. The Kier molecular flexibility index (Phi) is 3.07. The van der Waals surface area contributed by atoms with Crippen molar-refractivity contribution in [1.82, 2.24) is 0 Å². The molecule has 0 radical (unpaired) electrons. The molecule has 0 heterocycles. The molecule has 0 aliphatic heterocycles. The van der Waals surface area contributed by atoms with Gasteiger partial charge in [-0.15, -0.1) is 0 Å². The summed E-state index contributed by atoms with van der Waals surface area (Å²) in [5.74, 6) is 0. The molecule has 0 aromatic heterocycles. The predicted molar refractivity (Wildman–Crippen MR) is 135 cm³/mol. The van der Waals surface area contributed by atoms with E-state index < -0.39 is 0 Å². The molecule has 6 aromatic carbocycles. The lowest BCUT2D eigenvalue weighted by molar-refractivity contribution is 1.27. The third kappa shape index (κ3) is 1.98. The lowest BCUT2D eigenvalue weighted by Gasteiger charge is -2.17. The number of hydrogen-bond acceptors (Lipinski definition) is 0. The number of rotatable bonds is 0. The van der Waals surface area contributed by atoms with E-state index in [4.69, 9.17) is 0 Å². The highest BCUT2D eigenvalue weighted by Gasteiger charge is 2.26. The molecule has 0 heteroatoms. The largest absolute Gasteiger partial charge is 0.0619 e. The molecule has 0 atom stereocenters. The van der Waals surface area contributed by atoms with Crippen LogP contribution >= 0.6 is 0 Å². The first-order valence-corrected chi connectivity index (χ1v) is 11.5. The quantitative estimate of drug-likeness (QED) is 0.223. The van der Waals surface area contributed by atoms with E-state index in [0.29, 0.717) is 0 Å². The molecule has 148 valence electrons. The normalized spacial score (nSPS) is 13.4. The van der Waals surface area contributed by atoms with Crippen molar-refractivity contribution >= 4 is 32.3 Å². The highest BCUT2D eigenvalue weighted by Crippen LogP contribution is 2.49. The van der Waals surface area contributed by atoms with Crippen LogP contribution in [0.4, 0.5) is 0 Å². The zero-order valence-corrected chi connectivity index (χ0v) is 17.7. The van der Waals surface area contributed by atoms with Crippen LogP contribution in [0, 0.1) is 0 Å². The zero-order chi connectivity index (χ0) is 20.8. The van der Waals surface area contributed by atoms with Crippen molar-refractivity contribution in [2.75, 3.05) is 0 Å². The molecule has 8 rings (SSSR count). The first-order valence-electron chi connectivity index (χ1n) is 11.5. The molecule has 0 saturated heterocycles. The molecule has 2 aliphatic carbocycles. The first kappa shape index (κ1) is 16.8.